The molecule has 2 rings (SSSR count). The molecule has 21 heavy (non-hydrogen) atoms. The van der Waals surface area contributed by atoms with Crippen LogP contribution in [0.4, 0.5) is 0 Å². The summed E-state index contributed by atoms with van der Waals surface area (Å²) in [5.41, 5.74) is 0. The Labute approximate surface area is 130 Å². The summed E-state index contributed by atoms with van der Waals surface area (Å²) in [7, 11) is 0. The lowest BCUT2D eigenvalue weighted by Gasteiger charge is -2.33. The Hall–Kier alpha value is -1.52. The molecule has 0 saturated carbocycles. The summed E-state index contributed by atoms with van der Waals surface area (Å²) in [6.45, 7) is 9.96. The van der Waals surface area contributed by atoms with E-state index in [1.54, 1.807) is 19.1 Å². The highest BCUT2D eigenvalue weighted by molar-refractivity contribution is 6.30. The van der Waals surface area contributed by atoms with Crippen molar-refractivity contribution >= 4 is 17.5 Å². The van der Waals surface area contributed by atoms with E-state index in [0.717, 1.165) is 32.7 Å². The van der Waals surface area contributed by atoms with Crippen LogP contribution in [0.3, 0.4) is 0 Å². The van der Waals surface area contributed by atoms with Gasteiger partial charge in [0.1, 0.15) is 5.75 Å². The van der Waals surface area contributed by atoms with Crippen LogP contribution in [-0.4, -0.2) is 49.6 Å². The third-order valence-electron chi connectivity index (χ3n) is 3.67. The maximum absolute atomic E-state index is 12.4. The molecule has 1 saturated heterocycles. The van der Waals surface area contributed by atoms with E-state index in [2.05, 4.69) is 6.58 Å². The minimum absolute atomic E-state index is 0.0348. The van der Waals surface area contributed by atoms with Crippen molar-refractivity contribution in [2.24, 2.45) is 0 Å². The smallest absolute Gasteiger partial charge is 0.263 e. The van der Waals surface area contributed by atoms with Gasteiger partial charge in [-0.1, -0.05) is 24.2 Å². The quantitative estimate of drug-likeness (QED) is 0.824. The van der Waals surface area contributed by atoms with Gasteiger partial charge in [0, 0.05) is 5.02 Å². The summed E-state index contributed by atoms with van der Waals surface area (Å²) in [5.74, 6) is 0.659. The largest absolute Gasteiger partial charge is 0.481 e. The Kier molecular flexibility index (Phi) is 5.65. The topological polar surface area (TPSA) is 34.0 Å². The van der Waals surface area contributed by atoms with Crippen molar-refractivity contribution in [3.63, 3.8) is 0 Å². The zero-order valence-corrected chi connectivity index (χ0v) is 13.1. The highest BCUT2D eigenvalue weighted by Crippen LogP contribution is 2.18. The molecule has 5 heteroatoms. The van der Waals surface area contributed by atoms with Crippen LogP contribution in [0.5, 0.6) is 5.75 Å². The number of benzene rings is 1. The number of nitrogens with one attached hydrogen (secondary N) is 1. The number of halogens is 1. The average molecular weight is 310 g/mol. The first kappa shape index (κ1) is 15.9. The molecule has 1 aliphatic rings. The fourth-order valence-electron chi connectivity index (χ4n) is 2.50. The van der Waals surface area contributed by atoms with Gasteiger partial charge in [-0.15, -0.1) is 0 Å². The molecular formula is C16H22ClN2O2+. The molecule has 1 fully saturated rings. The summed E-state index contributed by atoms with van der Waals surface area (Å²) in [4.78, 5) is 15.7. The molecule has 0 aromatic heterocycles. The molecule has 1 heterocycles. The van der Waals surface area contributed by atoms with Crippen molar-refractivity contribution in [1.82, 2.24) is 4.90 Å². The first-order valence-corrected chi connectivity index (χ1v) is 7.63. The maximum Gasteiger partial charge on any atom is 0.263 e. The minimum atomic E-state index is -0.496. The fraction of sp³-hybridized carbons (Fsp3) is 0.438. The van der Waals surface area contributed by atoms with E-state index in [-0.39, 0.29) is 5.91 Å². The first-order valence-electron chi connectivity index (χ1n) is 7.25. The lowest BCUT2D eigenvalue weighted by molar-refractivity contribution is -0.898. The monoisotopic (exact) mass is 309 g/mol. The molecule has 1 aliphatic heterocycles. The van der Waals surface area contributed by atoms with Crippen molar-refractivity contribution in [3.05, 3.63) is 41.9 Å². The van der Waals surface area contributed by atoms with Gasteiger partial charge >= 0.3 is 0 Å². The lowest BCUT2D eigenvalue weighted by Crippen LogP contribution is -3.14. The zero-order valence-electron chi connectivity index (χ0n) is 12.3. The number of ether oxygens (including phenoxy) is 1. The number of hydrogen-bond donors (Lipinski definition) is 1. The molecule has 1 atom stereocenters. The van der Waals surface area contributed by atoms with Gasteiger partial charge in [0.05, 0.1) is 32.7 Å². The van der Waals surface area contributed by atoms with Crippen LogP contribution in [0.1, 0.15) is 6.92 Å². The van der Waals surface area contributed by atoms with Crippen LogP contribution in [0, 0.1) is 0 Å². The van der Waals surface area contributed by atoms with Crippen LogP contribution in [-0.2, 0) is 4.79 Å². The van der Waals surface area contributed by atoms with Crippen LogP contribution < -0.4 is 9.64 Å². The van der Waals surface area contributed by atoms with Gasteiger partial charge in [-0.2, -0.15) is 0 Å². The second kappa shape index (κ2) is 7.48. The highest BCUT2D eigenvalue weighted by Gasteiger charge is 2.27. The Morgan fingerprint density at radius 2 is 2.24 bits per heavy atom. The van der Waals surface area contributed by atoms with Crippen molar-refractivity contribution in [3.8, 4) is 5.75 Å². The summed E-state index contributed by atoms with van der Waals surface area (Å²) >= 11 is 5.92. The molecule has 114 valence electrons. The van der Waals surface area contributed by atoms with E-state index in [0.29, 0.717) is 10.8 Å². The van der Waals surface area contributed by atoms with Gasteiger partial charge in [0.2, 0.25) is 0 Å². The van der Waals surface area contributed by atoms with Gasteiger partial charge in [-0.25, -0.2) is 0 Å². The normalized spacial score (nSPS) is 17.3. The number of carbonyl (C=O) groups excluding carboxylic acids is 1. The lowest BCUT2D eigenvalue weighted by atomic mass is 10.2. The standard InChI is InChI=1S/C16H21ClN2O2/c1-3-7-18-8-10-19(11-9-18)16(20)13(2)21-15-6-4-5-14(17)12-15/h3-6,12-13H,1,7-11H2,2H3/p+1/t13-/m0/s1. The minimum Gasteiger partial charge on any atom is -0.481 e. The molecule has 1 amide bonds. The average Bonchev–Trinajstić information content (AvgIpc) is 2.47. The number of rotatable bonds is 5. The van der Waals surface area contributed by atoms with E-state index in [9.17, 15) is 4.79 Å². The number of piperazine rings is 1. The van der Waals surface area contributed by atoms with Crippen LogP contribution in [0.25, 0.3) is 0 Å². The molecule has 4 nitrogen and oxygen atoms in total. The predicted octanol–water partition coefficient (Wildman–Crippen LogP) is 1.02. The summed E-state index contributed by atoms with van der Waals surface area (Å²) in [5, 5.41) is 0.605. The second-order valence-electron chi connectivity index (χ2n) is 5.29. The fourth-order valence-corrected chi connectivity index (χ4v) is 2.68. The number of amides is 1. The molecule has 1 N–H and O–H groups in total. The highest BCUT2D eigenvalue weighted by atomic mass is 35.5. The van der Waals surface area contributed by atoms with E-state index >= 15 is 0 Å². The number of carbonyl (C=O) groups is 1. The summed E-state index contributed by atoms with van der Waals surface area (Å²) in [6.07, 6.45) is 1.43. The second-order valence-corrected chi connectivity index (χ2v) is 5.72. The number of quaternary nitrogens is 1. The number of nitrogens with zero attached hydrogens (tertiary/aromatic N) is 1. The predicted molar refractivity (Wildman–Crippen MR) is 83.9 cm³/mol. The van der Waals surface area contributed by atoms with E-state index in [1.807, 2.05) is 23.1 Å². The SMILES string of the molecule is C=CC[NH+]1CCN(C(=O)[C@H](C)Oc2cccc(Cl)c2)CC1. The molecule has 1 aromatic rings. The Bertz CT molecular complexity index is 499. The van der Waals surface area contributed by atoms with Gasteiger partial charge < -0.3 is 14.5 Å². The van der Waals surface area contributed by atoms with E-state index < -0.39 is 6.10 Å². The van der Waals surface area contributed by atoms with Gasteiger partial charge in [0.25, 0.3) is 5.91 Å². The molecule has 0 bridgehead atoms. The van der Waals surface area contributed by atoms with Gasteiger partial charge in [-0.05, 0) is 31.2 Å². The summed E-state index contributed by atoms with van der Waals surface area (Å²) < 4.78 is 5.69. The van der Waals surface area contributed by atoms with Crippen molar-refractivity contribution in [2.75, 3.05) is 32.7 Å². The van der Waals surface area contributed by atoms with Gasteiger partial charge in [0.15, 0.2) is 6.10 Å². The Balaban J connectivity index is 1.87. The van der Waals surface area contributed by atoms with E-state index in [1.165, 1.54) is 4.90 Å². The van der Waals surface area contributed by atoms with Crippen molar-refractivity contribution in [1.29, 1.82) is 0 Å². The van der Waals surface area contributed by atoms with E-state index in [4.69, 9.17) is 16.3 Å². The van der Waals surface area contributed by atoms with Gasteiger partial charge in [-0.3, -0.25) is 4.79 Å². The number of hydrogen-bond acceptors (Lipinski definition) is 2. The third kappa shape index (κ3) is 4.48. The zero-order chi connectivity index (χ0) is 15.2. The van der Waals surface area contributed by atoms with Crippen molar-refractivity contribution in [2.45, 2.75) is 13.0 Å². The molecule has 1 aromatic carbocycles. The molecule has 0 radical (unpaired) electrons. The van der Waals surface area contributed by atoms with Crippen LogP contribution >= 0.6 is 11.6 Å². The molecular weight excluding hydrogens is 288 g/mol. The molecule has 0 spiro atoms. The Morgan fingerprint density at radius 3 is 2.86 bits per heavy atom. The summed E-state index contributed by atoms with van der Waals surface area (Å²) in [6, 6.07) is 7.12. The van der Waals surface area contributed by atoms with Crippen molar-refractivity contribution < 1.29 is 14.4 Å². The van der Waals surface area contributed by atoms with Crippen LogP contribution in [0.2, 0.25) is 5.02 Å². The Morgan fingerprint density at radius 1 is 1.52 bits per heavy atom. The van der Waals surface area contributed by atoms with Crippen LogP contribution in [0.15, 0.2) is 36.9 Å². The molecule has 0 unspecified atom stereocenters. The first-order chi connectivity index (χ1) is 10.1. The maximum atomic E-state index is 12.4. The molecule has 0 aliphatic carbocycles. The third-order valence-corrected chi connectivity index (χ3v) is 3.91.